The van der Waals surface area contributed by atoms with Gasteiger partial charge in [0.25, 0.3) is 0 Å². The molecule has 0 saturated carbocycles. The zero-order valence-electron chi connectivity index (χ0n) is 9.59. The third-order valence-corrected chi connectivity index (χ3v) is 4.38. The lowest BCUT2D eigenvalue weighted by Gasteiger charge is -2.28. The molecule has 88 valence electrons. The molecule has 0 bridgehead atoms. The Kier molecular flexibility index (Phi) is 2.72. The first-order valence-corrected chi connectivity index (χ1v) is 6.85. The number of rotatable bonds is 1. The Morgan fingerprint density at radius 1 is 1.50 bits per heavy atom. The van der Waals surface area contributed by atoms with E-state index in [1.54, 1.807) is 0 Å². The molecule has 1 aromatic rings. The van der Waals surface area contributed by atoms with Crippen LogP contribution in [0.2, 0.25) is 0 Å². The Morgan fingerprint density at radius 3 is 3.12 bits per heavy atom. The lowest BCUT2D eigenvalue weighted by atomic mass is 9.84. The molecule has 4 heteroatoms. The molecule has 16 heavy (non-hydrogen) atoms. The minimum absolute atomic E-state index is 0.704. The second kappa shape index (κ2) is 4.08. The molecule has 0 radical (unpaired) electrons. The van der Waals surface area contributed by atoms with Crippen LogP contribution < -0.4 is 10.2 Å². The van der Waals surface area contributed by atoms with Crippen molar-refractivity contribution >= 4 is 21.7 Å². The van der Waals surface area contributed by atoms with E-state index in [1.807, 2.05) is 0 Å². The summed E-state index contributed by atoms with van der Waals surface area (Å²) in [4.78, 5) is 5.74. The molecule has 3 rings (SSSR count). The number of likely N-dealkylation sites (N-methyl/N-ethyl adjacent to an activating group) is 1. The van der Waals surface area contributed by atoms with Crippen molar-refractivity contribution in [2.24, 2.45) is 5.92 Å². The van der Waals surface area contributed by atoms with Crippen LogP contribution in [0.15, 0.2) is 10.7 Å². The van der Waals surface area contributed by atoms with Gasteiger partial charge in [0, 0.05) is 25.1 Å². The Labute approximate surface area is 105 Å². The first-order valence-electron chi connectivity index (χ1n) is 6.06. The van der Waals surface area contributed by atoms with E-state index in [0.717, 1.165) is 10.5 Å². The first kappa shape index (κ1) is 10.7. The number of H-pyrrole nitrogens is 1. The number of hydrogen-bond donors (Lipinski definition) is 2. The van der Waals surface area contributed by atoms with Crippen molar-refractivity contribution in [3.8, 4) is 0 Å². The van der Waals surface area contributed by atoms with E-state index >= 15 is 0 Å². The highest BCUT2D eigenvalue weighted by Crippen LogP contribution is 2.42. The van der Waals surface area contributed by atoms with Gasteiger partial charge in [-0.2, -0.15) is 0 Å². The average Bonchev–Trinajstić information content (AvgIpc) is 2.80. The topological polar surface area (TPSA) is 31.1 Å². The maximum Gasteiger partial charge on any atom is 0.110 e. The Balaban J connectivity index is 1.86. The SMILES string of the molecule is CN1CC(C2CCCNC2)c2cc(Br)[nH]c21. The minimum Gasteiger partial charge on any atom is -0.360 e. The van der Waals surface area contributed by atoms with Gasteiger partial charge in [0.05, 0.1) is 4.60 Å². The highest BCUT2D eigenvalue weighted by molar-refractivity contribution is 9.10. The van der Waals surface area contributed by atoms with Gasteiger partial charge in [-0.3, -0.25) is 0 Å². The van der Waals surface area contributed by atoms with Crippen molar-refractivity contribution < 1.29 is 0 Å². The molecule has 1 saturated heterocycles. The summed E-state index contributed by atoms with van der Waals surface area (Å²) in [5, 5.41) is 3.52. The van der Waals surface area contributed by atoms with Crippen LogP contribution in [0, 0.1) is 5.92 Å². The molecular weight excluding hydrogens is 266 g/mol. The van der Waals surface area contributed by atoms with Crippen molar-refractivity contribution in [3.05, 3.63) is 16.2 Å². The van der Waals surface area contributed by atoms with Gasteiger partial charge in [0.2, 0.25) is 0 Å². The zero-order valence-corrected chi connectivity index (χ0v) is 11.2. The highest BCUT2D eigenvalue weighted by Gasteiger charge is 2.34. The summed E-state index contributed by atoms with van der Waals surface area (Å²) in [6.07, 6.45) is 2.69. The molecule has 1 aromatic heterocycles. The highest BCUT2D eigenvalue weighted by atomic mass is 79.9. The lowest BCUT2D eigenvalue weighted by molar-refractivity contribution is 0.331. The van der Waals surface area contributed by atoms with E-state index < -0.39 is 0 Å². The molecule has 1 fully saturated rings. The number of nitrogens with one attached hydrogen (secondary N) is 2. The van der Waals surface area contributed by atoms with Crippen LogP contribution in [-0.4, -0.2) is 31.7 Å². The van der Waals surface area contributed by atoms with Gasteiger partial charge in [-0.25, -0.2) is 0 Å². The molecule has 0 amide bonds. The van der Waals surface area contributed by atoms with Crippen LogP contribution in [0.4, 0.5) is 5.82 Å². The largest absolute Gasteiger partial charge is 0.360 e. The van der Waals surface area contributed by atoms with E-state index in [4.69, 9.17) is 0 Å². The molecule has 2 aliphatic rings. The summed E-state index contributed by atoms with van der Waals surface area (Å²) < 4.78 is 1.11. The summed E-state index contributed by atoms with van der Waals surface area (Å²) in [6, 6.07) is 2.26. The summed E-state index contributed by atoms with van der Waals surface area (Å²) in [6.45, 7) is 3.55. The average molecular weight is 284 g/mol. The van der Waals surface area contributed by atoms with Crippen LogP contribution in [-0.2, 0) is 0 Å². The third-order valence-electron chi connectivity index (χ3n) is 3.95. The standard InChI is InChI=1S/C12H18BrN3/c1-16-7-10(8-3-2-4-14-6-8)9-5-11(13)15-12(9)16/h5,8,10,14-15H,2-4,6-7H2,1H3. The van der Waals surface area contributed by atoms with Gasteiger partial charge >= 0.3 is 0 Å². The summed E-state index contributed by atoms with van der Waals surface area (Å²) in [5.41, 5.74) is 1.50. The number of aromatic amines is 1. The monoisotopic (exact) mass is 283 g/mol. The number of anilines is 1. The molecular formula is C12H18BrN3. The Bertz CT molecular complexity index is 382. The second-order valence-electron chi connectivity index (χ2n) is 5.01. The third kappa shape index (κ3) is 1.68. The van der Waals surface area contributed by atoms with Gasteiger partial charge in [0.15, 0.2) is 0 Å². The van der Waals surface area contributed by atoms with Gasteiger partial charge in [0.1, 0.15) is 5.82 Å². The summed E-state index contributed by atoms with van der Waals surface area (Å²) in [5.74, 6) is 2.82. The van der Waals surface area contributed by atoms with Gasteiger partial charge in [-0.1, -0.05) is 0 Å². The van der Waals surface area contributed by atoms with Gasteiger partial charge < -0.3 is 15.2 Å². The van der Waals surface area contributed by atoms with Crippen LogP contribution in [0.1, 0.15) is 24.3 Å². The molecule has 0 aliphatic carbocycles. The molecule has 2 N–H and O–H groups in total. The zero-order chi connectivity index (χ0) is 11.1. The maximum absolute atomic E-state index is 3.54. The quantitative estimate of drug-likeness (QED) is 0.829. The van der Waals surface area contributed by atoms with E-state index in [0.29, 0.717) is 5.92 Å². The number of halogens is 1. The summed E-state index contributed by atoms with van der Waals surface area (Å²) in [7, 11) is 2.18. The van der Waals surface area contributed by atoms with Crippen LogP contribution in [0.3, 0.4) is 0 Å². The fraction of sp³-hybridized carbons (Fsp3) is 0.667. The van der Waals surface area contributed by atoms with E-state index in [2.05, 4.69) is 44.2 Å². The number of piperidine rings is 1. The molecule has 0 aromatic carbocycles. The first-order chi connectivity index (χ1) is 7.75. The summed E-state index contributed by atoms with van der Waals surface area (Å²) >= 11 is 3.54. The van der Waals surface area contributed by atoms with Crippen molar-refractivity contribution in [3.63, 3.8) is 0 Å². The van der Waals surface area contributed by atoms with Crippen molar-refractivity contribution in [2.75, 3.05) is 31.6 Å². The molecule has 3 nitrogen and oxygen atoms in total. The minimum atomic E-state index is 0.704. The molecule has 2 aliphatic heterocycles. The predicted octanol–water partition coefficient (Wildman–Crippen LogP) is 2.31. The number of hydrogen-bond acceptors (Lipinski definition) is 2. The lowest BCUT2D eigenvalue weighted by Crippen LogP contribution is -2.34. The number of nitrogens with zero attached hydrogens (tertiary/aromatic N) is 1. The van der Waals surface area contributed by atoms with Gasteiger partial charge in [-0.15, -0.1) is 0 Å². The molecule has 0 spiro atoms. The molecule has 2 unspecified atom stereocenters. The fourth-order valence-electron chi connectivity index (χ4n) is 3.13. The van der Waals surface area contributed by atoms with E-state index in [9.17, 15) is 0 Å². The van der Waals surface area contributed by atoms with E-state index in [1.165, 1.54) is 43.9 Å². The van der Waals surface area contributed by atoms with Gasteiger partial charge in [-0.05, 0) is 53.8 Å². The maximum atomic E-state index is 3.54. The van der Waals surface area contributed by atoms with Crippen molar-refractivity contribution in [1.29, 1.82) is 0 Å². The number of aromatic nitrogens is 1. The smallest absolute Gasteiger partial charge is 0.110 e. The Hall–Kier alpha value is -0.480. The fourth-order valence-corrected chi connectivity index (χ4v) is 3.57. The van der Waals surface area contributed by atoms with Crippen LogP contribution in [0.25, 0.3) is 0 Å². The second-order valence-corrected chi connectivity index (χ2v) is 5.87. The molecule has 2 atom stereocenters. The predicted molar refractivity (Wildman–Crippen MR) is 70.1 cm³/mol. The molecule has 3 heterocycles. The van der Waals surface area contributed by atoms with Crippen LogP contribution >= 0.6 is 15.9 Å². The van der Waals surface area contributed by atoms with E-state index in [-0.39, 0.29) is 0 Å². The van der Waals surface area contributed by atoms with Crippen LogP contribution in [0.5, 0.6) is 0 Å². The normalized spacial score (nSPS) is 29.5. The van der Waals surface area contributed by atoms with Crippen molar-refractivity contribution in [2.45, 2.75) is 18.8 Å². The number of fused-ring (bicyclic) bond motifs is 1. The van der Waals surface area contributed by atoms with Crippen molar-refractivity contribution in [1.82, 2.24) is 10.3 Å². The Morgan fingerprint density at radius 2 is 2.38 bits per heavy atom.